The third kappa shape index (κ3) is 0.762. The first-order valence-corrected chi connectivity index (χ1v) is 3.61. The molecule has 2 aliphatic heterocycles. The third-order valence-corrected chi connectivity index (χ3v) is 1.94. The maximum absolute atomic E-state index is 5.87. The number of amidine groups is 1. The van der Waals surface area contributed by atoms with Gasteiger partial charge >= 0.3 is 0 Å². The molecule has 2 aliphatic rings. The van der Waals surface area contributed by atoms with Gasteiger partial charge in [-0.25, -0.2) is 0 Å². The van der Waals surface area contributed by atoms with Gasteiger partial charge in [0.1, 0.15) is 11.0 Å². The number of hydrogen-bond acceptors (Lipinski definition) is 2. The fraction of sp³-hybridized carbons (Fsp3) is 0.286. The molecule has 2 rings (SSSR count). The van der Waals surface area contributed by atoms with Gasteiger partial charge in [-0.3, -0.25) is 4.99 Å². The van der Waals surface area contributed by atoms with Crippen molar-refractivity contribution in [2.45, 2.75) is 0 Å². The van der Waals surface area contributed by atoms with Gasteiger partial charge in [-0.15, -0.1) is 0 Å². The van der Waals surface area contributed by atoms with Crippen LogP contribution in [-0.4, -0.2) is 23.8 Å². The lowest BCUT2D eigenvalue weighted by molar-refractivity contribution is 0.595. The quantitative estimate of drug-likeness (QED) is 0.481. The molecule has 0 saturated carbocycles. The van der Waals surface area contributed by atoms with E-state index in [1.165, 1.54) is 0 Å². The van der Waals surface area contributed by atoms with Crippen LogP contribution in [0.15, 0.2) is 28.4 Å². The molecule has 0 aliphatic carbocycles. The number of rotatable bonds is 0. The Morgan fingerprint density at radius 1 is 1.60 bits per heavy atom. The van der Waals surface area contributed by atoms with E-state index < -0.39 is 0 Å². The van der Waals surface area contributed by atoms with Crippen molar-refractivity contribution < 1.29 is 0 Å². The van der Waals surface area contributed by atoms with Crippen molar-refractivity contribution in [2.24, 2.45) is 4.99 Å². The standard InChI is InChI=1S/C7H7ClN2/c8-6-2-1-3-7-9-4-5-10(6)7/h1-3H,4-5H2. The van der Waals surface area contributed by atoms with E-state index in [0.29, 0.717) is 0 Å². The van der Waals surface area contributed by atoms with Crippen LogP contribution in [0.5, 0.6) is 0 Å². The van der Waals surface area contributed by atoms with Crippen LogP contribution in [0.2, 0.25) is 0 Å². The zero-order valence-electron chi connectivity index (χ0n) is 5.42. The van der Waals surface area contributed by atoms with E-state index in [1.54, 1.807) is 0 Å². The number of halogens is 1. The summed E-state index contributed by atoms with van der Waals surface area (Å²) in [5.41, 5.74) is 0. The summed E-state index contributed by atoms with van der Waals surface area (Å²) < 4.78 is 0. The molecule has 2 nitrogen and oxygen atoms in total. The fourth-order valence-electron chi connectivity index (χ4n) is 1.13. The van der Waals surface area contributed by atoms with Crippen molar-refractivity contribution in [3.8, 4) is 0 Å². The second-order valence-electron chi connectivity index (χ2n) is 2.24. The Kier molecular flexibility index (Phi) is 1.27. The van der Waals surface area contributed by atoms with E-state index in [1.807, 2.05) is 23.1 Å². The van der Waals surface area contributed by atoms with Crippen molar-refractivity contribution in [2.75, 3.05) is 13.1 Å². The zero-order chi connectivity index (χ0) is 6.97. The summed E-state index contributed by atoms with van der Waals surface area (Å²) in [7, 11) is 0. The van der Waals surface area contributed by atoms with Crippen LogP contribution in [-0.2, 0) is 0 Å². The van der Waals surface area contributed by atoms with Gasteiger partial charge < -0.3 is 4.90 Å². The molecule has 0 amide bonds. The van der Waals surface area contributed by atoms with E-state index in [4.69, 9.17) is 11.6 Å². The van der Waals surface area contributed by atoms with E-state index in [9.17, 15) is 0 Å². The second-order valence-corrected chi connectivity index (χ2v) is 2.63. The van der Waals surface area contributed by atoms with Crippen molar-refractivity contribution in [1.82, 2.24) is 4.90 Å². The van der Waals surface area contributed by atoms with Gasteiger partial charge in [-0.2, -0.15) is 0 Å². The summed E-state index contributed by atoms with van der Waals surface area (Å²) >= 11 is 5.87. The van der Waals surface area contributed by atoms with Crippen LogP contribution in [0, 0.1) is 0 Å². The molecular weight excluding hydrogens is 148 g/mol. The minimum atomic E-state index is 0.777. The first kappa shape index (κ1) is 5.98. The van der Waals surface area contributed by atoms with Crippen LogP contribution in [0.25, 0.3) is 0 Å². The average Bonchev–Trinajstić information content (AvgIpc) is 2.36. The predicted molar refractivity (Wildman–Crippen MR) is 42.1 cm³/mol. The van der Waals surface area contributed by atoms with Gasteiger partial charge in [0.2, 0.25) is 0 Å². The van der Waals surface area contributed by atoms with Gasteiger partial charge in [0.25, 0.3) is 0 Å². The average molecular weight is 155 g/mol. The van der Waals surface area contributed by atoms with Gasteiger partial charge in [-0.05, 0) is 12.2 Å². The number of nitrogens with zero attached hydrogens (tertiary/aromatic N) is 2. The Morgan fingerprint density at radius 2 is 2.50 bits per heavy atom. The molecule has 0 bridgehead atoms. The lowest BCUT2D eigenvalue weighted by atomic mass is 10.3. The molecule has 0 unspecified atom stereocenters. The van der Waals surface area contributed by atoms with Gasteiger partial charge in [0, 0.05) is 6.54 Å². The van der Waals surface area contributed by atoms with Crippen molar-refractivity contribution >= 4 is 17.4 Å². The van der Waals surface area contributed by atoms with Crippen LogP contribution >= 0.6 is 11.6 Å². The summed E-state index contributed by atoms with van der Waals surface area (Å²) in [6, 6.07) is 0. The fourth-order valence-corrected chi connectivity index (χ4v) is 1.37. The lowest BCUT2D eigenvalue weighted by Crippen LogP contribution is -2.24. The molecular formula is C7H7ClN2. The summed E-state index contributed by atoms with van der Waals surface area (Å²) in [6.07, 6.45) is 5.77. The second kappa shape index (κ2) is 2.13. The highest BCUT2D eigenvalue weighted by atomic mass is 35.5. The molecule has 0 aromatic rings. The Balaban J connectivity index is 2.36. The lowest BCUT2D eigenvalue weighted by Gasteiger charge is -2.18. The van der Waals surface area contributed by atoms with Crippen molar-refractivity contribution in [3.63, 3.8) is 0 Å². The smallest absolute Gasteiger partial charge is 0.128 e. The highest BCUT2D eigenvalue weighted by molar-refractivity contribution is 6.31. The molecule has 0 aromatic heterocycles. The Bertz CT molecular complexity index is 240. The molecule has 52 valence electrons. The minimum Gasteiger partial charge on any atom is -0.315 e. The largest absolute Gasteiger partial charge is 0.315 e. The maximum atomic E-state index is 5.87. The number of fused-ring (bicyclic) bond motifs is 1. The molecule has 0 saturated heterocycles. The Morgan fingerprint density at radius 3 is 3.30 bits per heavy atom. The highest BCUT2D eigenvalue weighted by Crippen LogP contribution is 2.18. The van der Waals surface area contributed by atoms with Crippen LogP contribution in [0.3, 0.4) is 0 Å². The summed E-state index contributed by atoms with van der Waals surface area (Å²) in [5.74, 6) is 0.993. The van der Waals surface area contributed by atoms with E-state index in [0.717, 1.165) is 24.1 Å². The molecule has 0 N–H and O–H groups in total. The molecule has 0 radical (unpaired) electrons. The zero-order valence-corrected chi connectivity index (χ0v) is 6.17. The van der Waals surface area contributed by atoms with Gasteiger partial charge in [0.05, 0.1) is 6.54 Å². The minimum absolute atomic E-state index is 0.777. The van der Waals surface area contributed by atoms with E-state index in [2.05, 4.69) is 4.99 Å². The first-order chi connectivity index (χ1) is 4.88. The Hall–Kier alpha value is -0.760. The Labute approximate surface area is 64.5 Å². The molecule has 3 heteroatoms. The monoisotopic (exact) mass is 154 g/mol. The number of hydrogen-bond donors (Lipinski definition) is 0. The van der Waals surface area contributed by atoms with Crippen LogP contribution < -0.4 is 0 Å². The van der Waals surface area contributed by atoms with Crippen molar-refractivity contribution in [1.29, 1.82) is 0 Å². The topological polar surface area (TPSA) is 15.6 Å². The normalized spacial score (nSPS) is 22.3. The number of aliphatic imine (C=N–C) groups is 1. The van der Waals surface area contributed by atoms with Gasteiger partial charge in [0.15, 0.2) is 0 Å². The molecule has 0 aromatic carbocycles. The highest BCUT2D eigenvalue weighted by Gasteiger charge is 2.18. The summed E-state index contributed by atoms with van der Waals surface area (Å²) in [6.45, 7) is 1.79. The molecule has 2 heterocycles. The van der Waals surface area contributed by atoms with Crippen molar-refractivity contribution in [3.05, 3.63) is 23.4 Å². The maximum Gasteiger partial charge on any atom is 0.128 e. The predicted octanol–water partition coefficient (Wildman–Crippen LogP) is 1.35. The summed E-state index contributed by atoms with van der Waals surface area (Å²) in [4.78, 5) is 6.24. The molecule has 0 spiro atoms. The summed E-state index contributed by atoms with van der Waals surface area (Å²) in [5, 5.41) is 0.777. The van der Waals surface area contributed by atoms with Gasteiger partial charge in [-0.1, -0.05) is 17.7 Å². The first-order valence-electron chi connectivity index (χ1n) is 3.24. The molecule has 0 atom stereocenters. The third-order valence-electron chi connectivity index (χ3n) is 1.61. The number of allylic oxidation sites excluding steroid dienone is 2. The van der Waals surface area contributed by atoms with E-state index >= 15 is 0 Å². The SMILES string of the molecule is ClC1=CC=CC2=NCCN12. The van der Waals surface area contributed by atoms with Crippen LogP contribution in [0.4, 0.5) is 0 Å². The van der Waals surface area contributed by atoms with E-state index in [-0.39, 0.29) is 0 Å². The molecule has 0 fully saturated rings. The van der Waals surface area contributed by atoms with Crippen LogP contribution in [0.1, 0.15) is 0 Å². The molecule has 10 heavy (non-hydrogen) atoms.